The fraction of sp³-hybridized carbons (Fsp3) is 0.667. The van der Waals surface area contributed by atoms with Crippen LogP contribution in [0.15, 0.2) is 18.3 Å². The van der Waals surface area contributed by atoms with Crippen LogP contribution in [-0.2, 0) is 13.1 Å². The molecule has 0 aliphatic carbocycles. The number of hydrogen-bond donors (Lipinski definition) is 1. The molecule has 3 rings (SSSR count). The first-order valence-electron chi connectivity index (χ1n) is 7.60. The molecule has 0 saturated carbocycles. The maximum atomic E-state index is 11.2. The summed E-state index contributed by atoms with van der Waals surface area (Å²) in [6.07, 6.45) is 5.88. The monoisotopic (exact) mass is 277 g/mol. The zero-order valence-electron chi connectivity index (χ0n) is 11.9. The van der Waals surface area contributed by atoms with Crippen molar-refractivity contribution in [1.29, 1.82) is 0 Å². The minimum atomic E-state index is -0.777. The summed E-state index contributed by atoms with van der Waals surface area (Å²) >= 11 is 0. The van der Waals surface area contributed by atoms with Crippen molar-refractivity contribution < 1.29 is 9.90 Å². The van der Waals surface area contributed by atoms with Gasteiger partial charge in [0.2, 0.25) is 0 Å². The van der Waals surface area contributed by atoms with Gasteiger partial charge in [0.05, 0.1) is 6.04 Å². The Labute approximate surface area is 119 Å². The van der Waals surface area contributed by atoms with Crippen molar-refractivity contribution in [3.63, 3.8) is 0 Å². The summed E-state index contributed by atoms with van der Waals surface area (Å²) in [6.45, 7) is 4.85. The highest BCUT2D eigenvalue weighted by Crippen LogP contribution is 2.21. The number of carbonyl (C=O) groups is 1. The van der Waals surface area contributed by atoms with Crippen molar-refractivity contribution in [3.8, 4) is 0 Å². The molecule has 1 aromatic rings. The molecular weight excluding hydrogens is 254 g/mol. The second-order valence-electron chi connectivity index (χ2n) is 5.91. The summed E-state index contributed by atoms with van der Waals surface area (Å²) < 4.78 is 2.24. The third-order valence-corrected chi connectivity index (χ3v) is 4.54. The van der Waals surface area contributed by atoms with Crippen molar-refractivity contribution >= 4 is 6.09 Å². The van der Waals surface area contributed by atoms with Crippen molar-refractivity contribution in [2.75, 3.05) is 19.6 Å². The second-order valence-corrected chi connectivity index (χ2v) is 5.91. The zero-order valence-corrected chi connectivity index (χ0v) is 11.9. The molecule has 20 heavy (non-hydrogen) atoms. The molecule has 1 aromatic heterocycles. The molecule has 110 valence electrons. The molecule has 3 heterocycles. The molecule has 1 atom stereocenters. The van der Waals surface area contributed by atoms with Crippen molar-refractivity contribution in [1.82, 2.24) is 14.4 Å². The Morgan fingerprint density at radius 1 is 1.25 bits per heavy atom. The quantitative estimate of drug-likeness (QED) is 0.918. The predicted molar refractivity (Wildman–Crippen MR) is 76.7 cm³/mol. The average molecular weight is 277 g/mol. The van der Waals surface area contributed by atoms with E-state index in [1.54, 1.807) is 4.90 Å². The van der Waals surface area contributed by atoms with E-state index in [9.17, 15) is 9.90 Å². The van der Waals surface area contributed by atoms with Crippen molar-refractivity contribution in [3.05, 3.63) is 24.0 Å². The number of amides is 1. The Balaban J connectivity index is 1.65. The third kappa shape index (κ3) is 2.82. The van der Waals surface area contributed by atoms with Crippen LogP contribution in [0.25, 0.3) is 0 Å². The minimum Gasteiger partial charge on any atom is -0.465 e. The molecule has 0 radical (unpaired) electrons. The van der Waals surface area contributed by atoms with E-state index in [4.69, 9.17) is 0 Å². The molecular formula is C15H23N3O2. The molecule has 2 aliphatic rings. The Morgan fingerprint density at radius 2 is 2.05 bits per heavy atom. The summed E-state index contributed by atoms with van der Waals surface area (Å²) in [7, 11) is 0. The number of carboxylic acid groups (broad SMARTS) is 1. The number of nitrogens with zero attached hydrogens (tertiary/aromatic N) is 3. The molecule has 2 saturated heterocycles. The Hall–Kier alpha value is -1.49. The summed E-state index contributed by atoms with van der Waals surface area (Å²) in [5.41, 5.74) is 1.31. The van der Waals surface area contributed by atoms with Gasteiger partial charge in [0.1, 0.15) is 0 Å². The van der Waals surface area contributed by atoms with Crippen LogP contribution >= 0.6 is 0 Å². The largest absolute Gasteiger partial charge is 0.465 e. The summed E-state index contributed by atoms with van der Waals surface area (Å²) in [6, 6.07) is 4.38. The maximum absolute atomic E-state index is 11.2. The second kappa shape index (κ2) is 5.87. The summed E-state index contributed by atoms with van der Waals surface area (Å²) in [4.78, 5) is 15.3. The number of likely N-dealkylation sites (tertiary alicyclic amines) is 2. The minimum absolute atomic E-state index is 0.136. The normalized spacial score (nSPS) is 23.6. The van der Waals surface area contributed by atoms with Gasteiger partial charge in [-0.1, -0.05) is 0 Å². The topological polar surface area (TPSA) is 48.7 Å². The van der Waals surface area contributed by atoms with Gasteiger partial charge < -0.3 is 14.6 Å². The summed E-state index contributed by atoms with van der Waals surface area (Å²) in [5, 5.41) is 9.22. The van der Waals surface area contributed by atoms with Gasteiger partial charge in [-0.25, -0.2) is 4.79 Å². The van der Waals surface area contributed by atoms with Crippen LogP contribution in [0, 0.1) is 0 Å². The molecule has 5 heteroatoms. The van der Waals surface area contributed by atoms with Crippen LogP contribution in [-0.4, -0.2) is 51.2 Å². The van der Waals surface area contributed by atoms with E-state index in [0.29, 0.717) is 6.54 Å². The van der Waals surface area contributed by atoms with Gasteiger partial charge in [0.15, 0.2) is 0 Å². The highest BCUT2D eigenvalue weighted by molar-refractivity contribution is 5.65. The maximum Gasteiger partial charge on any atom is 0.407 e. The first-order chi connectivity index (χ1) is 9.74. The molecule has 2 aliphatic heterocycles. The highest BCUT2D eigenvalue weighted by atomic mass is 16.4. The smallest absolute Gasteiger partial charge is 0.407 e. The molecule has 5 nitrogen and oxygen atoms in total. The Kier molecular flexibility index (Phi) is 3.96. The SMILES string of the molecule is O=C(O)N1CCC[C@H]1Cn1cccc1CN1CCCC1. The van der Waals surface area contributed by atoms with Gasteiger partial charge in [-0.05, 0) is 50.9 Å². The number of hydrogen-bond acceptors (Lipinski definition) is 2. The fourth-order valence-electron chi connectivity index (χ4n) is 3.45. The van der Waals surface area contributed by atoms with Gasteiger partial charge in [-0.3, -0.25) is 4.90 Å². The Morgan fingerprint density at radius 3 is 2.80 bits per heavy atom. The number of aromatic nitrogens is 1. The van der Waals surface area contributed by atoms with Crippen LogP contribution < -0.4 is 0 Å². The first-order valence-corrected chi connectivity index (χ1v) is 7.60. The molecule has 1 N–H and O–H groups in total. The number of rotatable bonds is 4. The molecule has 0 unspecified atom stereocenters. The lowest BCUT2D eigenvalue weighted by molar-refractivity contribution is 0.136. The van der Waals surface area contributed by atoms with Crippen LogP contribution in [0.2, 0.25) is 0 Å². The third-order valence-electron chi connectivity index (χ3n) is 4.54. The van der Waals surface area contributed by atoms with Crippen molar-refractivity contribution in [2.45, 2.75) is 44.8 Å². The van der Waals surface area contributed by atoms with Crippen LogP contribution in [0.1, 0.15) is 31.4 Å². The molecule has 0 spiro atoms. The van der Waals surface area contributed by atoms with E-state index >= 15 is 0 Å². The molecule has 2 fully saturated rings. The van der Waals surface area contributed by atoms with Crippen LogP contribution in [0.3, 0.4) is 0 Å². The molecule has 1 amide bonds. The zero-order chi connectivity index (χ0) is 13.9. The Bertz CT molecular complexity index is 465. The molecule has 0 bridgehead atoms. The van der Waals surface area contributed by atoms with E-state index in [-0.39, 0.29) is 6.04 Å². The standard InChI is InChI=1S/C15H23N3O2/c19-15(20)18-10-4-6-14(18)12-17-9-3-5-13(17)11-16-7-1-2-8-16/h3,5,9,14H,1-2,4,6-8,10-12H2,(H,19,20)/t14-/m0/s1. The van der Waals surface area contributed by atoms with Crippen LogP contribution in [0.4, 0.5) is 4.79 Å². The first kappa shape index (κ1) is 13.5. The lowest BCUT2D eigenvalue weighted by Crippen LogP contribution is -2.37. The van der Waals surface area contributed by atoms with E-state index in [1.165, 1.54) is 31.6 Å². The summed E-state index contributed by atoms with van der Waals surface area (Å²) in [5.74, 6) is 0. The van der Waals surface area contributed by atoms with Gasteiger partial charge in [-0.2, -0.15) is 0 Å². The molecule has 0 aromatic carbocycles. The van der Waals surface area contributed by atoms with Gasteiger partial charge in [0, 0.05) is 31.5 Å². The fourth-order valence-corrected chi connectivity index (χ4v) is 3.45. The van der Waals surface area contributed by atoms with E-state index in [0.717, 1.165) is 25.9 Å². The van der Waals surface area contributed by atoms with E-state index < -0.39 is 6.09 Å². The van der Waals surface area contributed by atoms with Gasteiger partial charge >= 0.3 is 6.09 Å². The average Bonchev–Trinajstić information content (AvgIpc) is 3.13. The van der Waals surface area contributed by atoms with Gasteiger partial charge in [-0.15, -0.1) is 0 Å². The van der Waals surface area contributed by atoms with Gasteiger partial charge in [0.25, 0.3) is 0 Å². The highest BCUT2D eigenvalue weighted by Gasteiger charge is 2.29. The predicted octanol–water partition coefficient (Wildman–Crippen LogP) is 2.23. The van der Waals surface area contributed by atoms with E-state index in [2.05, 4.69) is 27.8 Å². The van der Waals surface area contributed by atoms with E-state index in [1.807, 2.05) is 0 Å². The van der Waals surface area contributed by atoms with Crippen LogP contribution in [0.5, 0.6) is 0 Å². The lowest BCUT2D eigenvalue weighted by atomic mass is 10.2. The van der Waals surface area contributed by atoms with Crippen molar-refractivity contribution in [2.24, 2.45) is 0 Å². The lowest BCUT2D eigenvalue weighted by Gasteiger charge is -2.24.